The molecule has 0 amide bonds. The number of hydrogen-bond acceptors (Lipinski definition) is 4. The van der Waals surface area contributed by atoms with Gasteiger partial charge < -0.3 is 9.47 Å². The first-order valence-electron chi connectivity index (χ1n) is 5.98. The summed E-state index contributed by atoms with van der Waals surface area (Å²) < 4.78 is 10.5. The molecule has 0 aromatic heterocycles. The van der Waals surface area contributed by atoms with Crippen LogP contribution in [-0.2, 0) is 19.1 Å². The summed E-state index contributed by atoms with van der Waals surface area (Å²) in [5.74, 6) is -0.992. The van der Waals surface area contributed by atoms with E-state index in [4.69, 9.17) is 9.47 Å². The summed E-state index contributed by atoms with van der Waals surface area (Å²) in [6, 6.07) is 0. The molecule has 4 nitrogen and oxygen atoms in total. The van der Waals surface area contributed by atoms with E-state index in [0.29, 0.717) is 12.8 Å². The molecule has 0 aromatic carbocycles. The van der Waals surface area contributed by atoms with E-state index >= 15 is 0 Å². The van der Waals surface area contributed by atoms with Crippen LogP contribution in [0.25, 0.3) is 0 Å². The Bertz CT molecular complexity index is 323. The van der Waals surface area contributed by atoms with Gasteiger partial charge in [-0.2, -0.15) is 0 Å². The van der Waals surface area contributed by atoms with Crippen LogP contribution in [0.15, 0.2) is 37.5 Å². The Kier molecular flexibility index (Phi) is 5.91. The molecular weight excluding hydrogens is 232 g/mol. The maximum absolute atomic E-state index is 11.3. The summed E-state index contributed by atoms with van der Waals surface area (Å²) in [4.78, 5) is 22.5. The van der Waals surface area contributed by atoms with E-state index in [1.807, 2.05) is 12.2 Å². The fourth-order valence-electron chi connectivity index (χ4n) is 1.79. The molecular formula is C14H18O4. The molecule has 98 valence electrons. The van der Waals surface area contributed by atoms with Crippen LogP contribution in [0.3, 0.4) is 0 Å². The molecule has 2 unspecified atom stereocenters. The average Bonchev–Trinajstić information content (AvgIpc) is 2.36. The summed E-state index contributed by atoms with van der Waals surface area (Å²) in [7, 11) is 0. The van der Waals surface area contributed by atoms with Gasteiger partial charge in [-0.3, -0.25) is 0 Å². The lowest BCUT2D eigenvalue weighted by atomic mass is 10.00. The molecule has 0 N–H and O–H groups in total. The molecule has 0 bridgehead atoms. The summed E-state index contributed by atoms with van der Waals surface area (Å²) in [5.41, 5.74) is 0. The third-order valence-electron chi connectivity index (χ3n) is 2.69. The van der Waals surface area contributed by atoms with Gasteiger partial charge in [0.1, 0.15) is 12.2 Å². The van der Waals surface area contributed by atoms with E-state index < -0.39 is 24.1 Å². The van der Waals surface area contributed by atoms with Crippen molar-refractivity contribution < 1.29 is 19.1 Å². The number of esters is 2. The Labute approximate surface area is 107 Å². The highest BCUT2D eigenvalue weighted by Crippen LogP contribution is 2.20. The maximum Gasteiger partial charge on any atom is 0.330 e. The maximum atomic E-state index is 11.3. The van der Waals surface area contributed by atoms with E-state index in [1.165, 1.54) is 0 Å². The van der Waals surface area contributed by atoms with Crippen LogP contribution in [0, 0.1) is 0 Å². The molecule has 0 fully saturated rings. The topological polar surface area (TPSA) is 52.6 Å². The van der Waals surface area contributed by atoms with Crippen molar-refractivity contribution in [3.63, 3.8) is 0 Å². The minimum atomic E-state index is -0.496. The summed E-state index contributed by atoms with van der Waals surface area (Å²) >= 11 is 0. The SMILES string of the molecule is C=CC(=O)OC1CCC=CCCC1OC(=O)C=C. The van der Waals surface area contributed by atoms with E-state index in [9.17, 15) is 9.59 Å². The third-order valence-corrected chi connectivity index (χ3v) is 2.69. The molecule has 1 rings (SSSR count). The van der Waals surface area contributed by atoms with Crippen LogP contribution in [-0.4, -0.2) is 24.1 Å². The van der Waals surface area contributed by atoms with Gasteiger partial charge in [-0.05, 0) is 25.7 Å². The first-order valence-corrected chi connectivity index (χ1v) is 5.98. The van der Waals surface area contributed by atoms with Gasteiger partial charge in [-0.1, -0.05) is 25.3 Å². The fraction of sp³-hybridized carbons (Fsp3) is 0.429. The van der Waals surface area contributed by atoms with Gasteiger partial charge >= 0.3 is 11.9 Å². The fourth-order valence-corrected chi connectivity index (χ4v) is 1.79. The molecule has 2 atom stereocenters. The third kappa shape index (κ3) is 4.57. The molecule has 0 heterocycles. The minimum Gasteiger partial charge on any atom is -0.455 e. The number of hydrogen-bond donors (Lipinski definition) is 0. The molecule has 0 aromatic rings. The zero-order chi connectivity index (χ0) is 13.4. The Hall–Kier alpha value is -1.84. The Balaban J connectivity index is 2.72. The predicted molar refractivity (Wildman–Crippen MR) is 67.8 cm³/mol. The van der Waals surface area contributed by atoms with Gasteiger partial charge in [-0.25, -0.2) is 9.59 Å². The number of rotatable bonds is 4. The Morgan fingerprint density at radius 1 is 0.944 bits per heavy atom. The largest absolute Gasteiger partial charge is 0.455 e. The van der Waals surface area contributed by atoms with Gasteiger partial charge in [0.25, 0.3) is 0 Å². The van der Waals surface area contributed by atoms with Gasteiger partial charge in [0.2, 0.25) is 0 Å². The lowest BCUT2D eigenvalue weighted by Gasteiger charge is -2.26. The van der Waals surface area contributed by atoms with Crippen molar-refractivity contribution in [1.82, 2.24) is 0 Å². The second kappa shape index (κ2) is 7.48. The molecule has 0 spiro atoms. The van der Waals surface area contributed by atoms with Gasteiger partial charge in [0, 0.05) is 12.2 Å². The van der Waals surface area contributed by atoms with Crippen LogP contribution in [0.4, 0.5) is 0 Å². The normalized spacial score (nSPS) is 23.3. The number of ether oxygens (including phenoxy) is 2. The van der Waals surface area contributed by atoms with E-state index in [1.54, 1.807) is 0 Å². The lowest BCUT2D eigenvalue weighted by Crippen LogP contribution is -2.35. The Morgan fingerprint density at radius 2 is 1.33 bits per heavy atom. The van der Waals surface area contributed by atoms with Gasteiger partial charge in [0.15, 0.2) is 0 Å². The second-order valence-corrected chi connectivity index (χ2v) is 3.99. The smallest absolute Gasteiger partial charge is 0.330 e. The zero-order valence-corrected chi connectivity index (χ0v) is 10.3. The second-order valence-electron chi connectivity index (χ2n) is 3.99. The van der Waals surface area contributed by atoms with E-state index in [0.717, 1.165) is 25.0 Å². The lowest BCUT2D eigenvalue weighted by molar-refractivity contribution is -0.162. The van der Waals surface area contributed by atoms with Crippen molar-refractivity contribution in [1.29, 1.82) is 0 Å². The van der Waals surface area contributed by atoms with E-state index in [2.05, 4.69) is 13.2 Å². The first-order chi connectivity index (χ1) is 8.67. The standard InChI is InChI=1S/C14H18O4/c1-3-13(15)17-11-9-7-5-6-8-10-12(11)18-14(16)4-2/h3-6,11-12H,1-2,7-10H2. The highest BCUT2D eigenvalue weighted by molar-refractivity contribution is 5.82. The Morgan fingerprint density at radius 3 is 1.67 bits per heavy atom. The van der Waals surface area contributed by atoms with Crippen molar-refractivity contribution in [2.24, 2.45) is 0 Å². The quantitative estimate of drug-likeness (QED) is 0.436. The monoisotopic (exact) mass is 250 g/mol. The molecule has 1 aliphatic rings. The highest BCUT2D eigenvalue weighted by Gasteiger charge is 2.27. The molecule has 0 saturated heterocycles. The van der Waals surface area contributed by atoms with Crippen LogP contribution in [0.5, 0.6) is 0 Å². The van der Waals surface area contributed by atoms with Crippen LogP contribution < -0.4 is 0 Å². The van der Waals surface area contributed by atoms with Crippen molar-refractivity contribution in [3.8, 4) is 0 Å². The molecule has 4 heteroatoms. The molecule has 0 radical (unpaired) electrons. The van der Waals surface area contributed by atoms with E-state index in [-0.39, 0.29) is 0 Å². The summed E-state index contributed by atoms with van der Waals surface area (Å²) in [5, 5.41) is 0. The predicted octanol–water partition coefficient (Wildman–Crippen LogP) is 2.31. The molecule has 18 heavy (non-hydrogen) atoms. The van der Waals surface area contributed by atoms with Gasteiger partial charge in [-0.15, -0.1) is 0 Å². The minimum absolute atomic E-state index is 0.427. The van der Waals surface area contributed by atoms with Crippen molar-refractivity contribution >= 4 is 11.9 Å². The first kappa shape index (κ1) is 14.2. The number of carbonyl (C=O) groups is 2. The van der Waals surface area contributed by atoms with Crippen molar-refractivity contribution in [2.45, 2.75) is 37.9 Å². The highest BCUT2D eigenvalue weighted by atomic mass is 16.6. The van der Waals surface area contributed by atoms with Crippen molar-refractivity contribution in [3.05, 3.63) is 37.5 Å². The molecule has 0 saturated carbocycles. The zero-order valence-electron chi connectivity index (χ0n) is 10.3. The van der Waals surface area contributed by atoms with Crippen LogP contribution in [0.1, 0.15) is 25.7 Å². The number of carbonyl (C=O) groups excluding carboxylic acids is 2. The van der Waals surface area contributed by atoms with Crippen molar-refractivity contribution in [2.75, 3.05) is 0 Å². The molecule has 1 aliphatic carbocycles. The number of allylic oxidation sites excluding steroid dienone is 2. The summed E-state index contributed by atoms with van der Waals surface area (Å²) in [6.07, 6.45) is 8.29. The van der Waals surface area contributed by atoms with Crippen LogP contribution >= 0.6 is 0 Å². The molecule has 0 aliphatic heterocycles. The van der Waals surface area contributed by atoms with Crippen LogP contribution in [0.2, 0.25) is 0 Å². The average molecular weight is 250 g/mol. The summed E-state index contributed by atoms with van der Waals surface area (Å²) in [6.45, 7) is 6.72. The van der Waals surface area contributed by atoms with Gasteiger partial charge in [0.05, 0.1) is 0 Å².